The first-order chi connectivity index (χ1) is 7.31. The molecule has 0 rings (SSSR count). The fourth-order valence-corrected chi connectivity index (χ4v) is 0.974. The first-order valence-corrected chi connectivity index (χ1v) is 5.35. The second kappa shape index (κ2) is 11.4. The Labute approximate surface area is 91.5 Å². The van der Waals surface area contributed by atoms with Gasteiger partial charge in [0.15, 0.2) is 0 Å². The number of hydrogen-bond donors (Lipinski definition) is 2. The molecule has 0 bridgehead atoms. The van der Waals surface area contributed by atoms with Crippen LogP contribution in [0.25, 0.3) is 0 Å². The second-order valence-electron chi connectivity index (χ2n) is 3.06. The fraction of sp³-hybridized carbons (Fsp3) is 0.900. The van der Waals surface area contributed by atoms with Crippen LogP contribution in [-0.2, 0) is 14.3 Å². The van der Waals surface area contributed by atoms with E-state index < -0.39 is 0 Å². The van der Waals surface area contributed by atoms with Gasteiger partial charge in [0.05, 0.1) is 19.8 Å². The molecule has 2 N–H and O–H groups in total. The number of methoxy groups -OCH3 is 1. The Kier molecular flexibility index (Phi) is 10.9. The summed E-state index contributed by atoms with van der Waals surface area (Å²) in [7, 11) is 1.63. The van der Waals surface area contributed by atoms with Crippen LogP contribution in [0.3, 0.4) is 0 Å². The largest absolute Gasteiger partial charge is 0.382 e. The molecule has 15 heavy (non-hydrogen) atoms. The van der Waals surface area contributed by atoms with Gasteiger partial charge < -0.3 is 20.1 Å². The van der Waals surface area contributed by atoms with Gasteiger partial charge >= 0.3 is 0 Å². The molecule has 5 nitrogen and oxygen atoms in total. The molecular weight excluding hydrogens is 196 g/mol. The molecule has 0 spiro atoms. The molecule has 0 aromatic heterocycles. The standard InChI is InChI=1S/C10H22N2O3/c1-3-11-5-4-10(13)12-6-7-15-9-8-14-2/h11H,3-9H2,1-2H3,(H,12,13). The first kappa shape index (κ1) is 14.3. The van der Waals surface area contributed by atoms with E-state index in [1.165, 1.54) is 0 Å². The molecule has 0 saturated heterocycles. The lowest BCUT2D eigenvalue weighted by Crippen LogP contribution is -2.30. The SMILES string of the molecule is CCNCCC(=O)NCCOCCOC. The van der Waals surface area contributed by atoms with Crippen molar-refractivity contribution in [3.8, 4) is 0 Å². The molecule has 0 aliphatic rings. The van der Waals surface area contributed by atoms with Crippen LogP contribution >= 0.6 is 0 Å². The Bertz CT molecular complexity index is 154. The third kappa shape index (κ3) is 11.3. The van der Waals surface area contributed by atoms with Crippen LogP contribution in [0.2, 0.25) is 0 Å². The van der Waals surface area contributed by atoms with Crippen LogP contribution in [-0.4, -0.2) is 52.5 Å². The third-order valence-corrected chi connectivity index (χ3v) is 1.78. The van der Waals surface area contributed by atoms with Crippen molar-refractivity contribution in [2.45, 2.75) is 13.3 Å². The number of nitrogens with one attached hydrogen (secondary N) is 2. The average molecular weight is 218 g/mol. The van der Waals surface area contributed by atoms with E-state index in [1.54, 1.807) is 7.11 Å². The number of amides is 1. The van der Waals surface area contributed by atoms with Crippen LogP contribution in [0.1, 0.15) is 13.3 Å². The number of ether oxygens (including phenoxy) is 2. The lowest BCUT2D eigenvalue weighted by molar-refractivity contribution is -0.121. The van der Waals surface area contributed by atoms with Crippen molar-refractivity contribution in [2.24, 2.45) is 0 Å². The molecule has 0 radical (unpaired) electrons. The van der Waals surface area contributed by atoms with Gasteiger partial charge in [-0.2, -0.15) is 0 Å². The van der Waals surface area contributed by atoms with Crippen molar-refractivity contribution in [1.29, 1.82) is 0 Å². The lowest BCUT2D eigenvalue weighted by Gasteiger charge is -2.06. The van der Waals surface area contributed by atoms with Crippen molar-refractivity contribution in [2.75, 3.05) is 46.6 Å². The summed E-state index contributed by atoms with van der Waals surface area (Å²) in [6, 6.07) is 0. The summed E-state index contributed by atoms with van der Waals surface area (Å²) >= 11 is 0. The zero-order chi connectivity index (χ0) is 11.4. The quantitative estimate of drug-likeness (QED) is 0.497. The smallest absolute Gasteiger partial charge is 0.221 e. The Morgan fingerprint density at radius 3 is 2.67 bits per heavy atom. The number of carbonyl (C=O) groups excluding carboxylic acids is 1. The molecule has 0 saturated carbocycles. The summed E-state index contributed by atoms with van der Waals surface area (Å²) in [4.78, 5) is 11.2. The molecular formula is C10H22N2O3. The van der Waals surface area contributed by atoms with E-state index in [4.69, 9.17) is 9.47 Å². The minimum atomic E-state index is 0.0614. The maximum absolute atomic E-state index is 11.2. The highest BCUT2D eigenvalue weighted by molar-refractivity contribution is 5.75. The van der Waals surface area contributed by atoms with Gasteiger partial charge in [-0.25, -0.2) is 0 Å². The molecule has 0 aromatic rings. The normalized spacial score (nSPS) is 10.3. The van der Waals surface area contributed by atoms with Crippen molar-refractivity contribution >= 4 is 5.91 Å². The zero-order valence-corrected chi connectivity index (χ0v) is 9.67. The predicted molar refractivity (Wildman–Crippen MR) is 58.9 cm³/mol. The summed E-state index contributed by atoms with van der Waals surface area (Å²) in [6.45, 7) is 5.91. The highest BCUT2D eigenvalue weighted by Crippen LogP contribution is 1.78. The van der Waals surface area contributed by atoms with Gasteiger partial charge in [0.2, 0.25) is 5.91 Å². The molecule has 1 amide bonds. The summed E-state index contributed by atoms with van der Waals surface area (Å²) in [5.41, 5.74) is 0. The minimum Gasteiger partial charge on any atom is -0.382 e. The van der Waals surface area contributed by atoms with Crippen molar-refractivity contribution in [3.63, 3.8) is 0 Å². The van der Waals surface area contributed by atoms with E-state index in [9.17, 15) is 4.79 Å². The van der Waals surface area contributed by atoms with Gasteiger partial charge in [-0.15, -0.1) is 0 Å². The van der Waals surface area contributed by atoms with E-state index in [0.29, 0.717) is 32.8 Å². The highest BCUT2D eigenvalue weighted by Gasteiger charge is 1.98. The molecule has 0 aromatic carbocycles. The Morgan fingerprint density at radius 1 is 1.20 bits per heavy atom. The topological polar surface area (TPSA) is 59.6 Å². The van der Waals surface area contributed by atoms with Crippen molar-refractivity contribution in [1.82, 2.24) is 10.6 Å². The Balaban J connectivity index is 3.10. The van der Waals surface area contributed by atoms with E-state index >= 15 is 0 Å². The number of carbonyl (C=O) groups is 1. The summed E-state index contributed by atoms with van der Waals surface area (Å²) in [5.74, 6) is 0.0614. The summed E-state index contributed by atoms with van der Waals surface area (Å²) in [6.07, 6.45) is 0.520. The van der Waals surface area contributed by atoms with Gasteiger partial charge in [-0.3, -0.25) is 4.79 Å². The molecule has 0 fully saturated rings. The first-order valence-electron chi connectivity index (χ1n) is 5.35. The average Bonchev–Trinajstić information content (AvgIpc) is 2.23. The van der Waals surface area contributed by atoms with E-state index in [1.807, 2.05) is 6.92 Å². The van der Waals surface area contributed by atoms with Gasteiger partial charge in [0, 0.05) is 26.6 Å². The van der Waals surface area contributed by atoms with Gasteiger partial charge in [0.1, 0.15) is 0 Å². The van der Waals surface area contributed by atoms with Crippen molar-refractivity contribution < 1.29 is 14.3 Å². The fourth-order valence-electron chi connectivity index (χ4n) is 0.974. The maximum atomic E-state index is 11.2. The van der Waals surface area contributed by atoms with Gasteiger partial charge in [0.25, 0.3) is 0 Å². The lowest BCUT2D eigenvalue weighted by atomic mass is 10.4. The molecule has 0 aliphatic carbocycles. The maximum Gasteiger partial charge on any atom is 0.221 e. The van der Waals surface area contributed by atoms with Gasteiger partial charge in [-0.05, 0) is 6.54 Å². The molecule has 0 aliphatic heterocycles. The minimum absolute atomic E-state index is 0.0614. The van der Waals surface area contributed by atoms with E-state index in [0.717, 1.165) is 13.1 Å². The molecule has 5 heteroatoms. The molecule has 90 valence electrons. The Hall–Kier alpha value is -0.650. The van der Waals surface area contributed by atoms with Crippen LogP contribution in [0.15, 0.2) is 0 Å². The third-order valence-electron chi connectivity index (χ3n) is 1.78. The predicted octanol–water partition coefficient (Wildman–Crippen LogP) is -0.235. The van der Waals surface area contributed by atoms with Crippen LogP contribution in [0.5, 0.6) is 0 Å². The highest BCUT2D eigenvalue weighted by atomic mass is 16.5. The zero-order valence-electron chi connectivity index (χ0n) is 9.67. The number of rotatable bonds is 10. The van der Waals surface area contributed by atoms with Crippen LogP contribution in [0.4, 0.5) is 0 Å². The Morgan fingerprint density at radius 2 is 2.00 bits per heavy atom. The number of hydrogen-bond acceptors (Lipinski definition) is 4. The molecule has 0 unspecified atom stereocenters. The second-order valence-corrected chi connectivity index (χ2v) is 3.06. The summed E-state index contributed by atoms with van der Waals surface area (Å²) in [5, 5.41) is 5.86. The monoisotopic (exact) mass is 218 g/mol. The molecule has 0 heterocycles. The van der Waals surface area contributed by atoms with Gasteiger partial charge in [-0.1, -0.05) is 6.92 Å². The van der Waals surface area contributed by atoms with Crippen molar-refractivity contribution in [3.05, 3.63) is 0 Å². The van der Waals surface area contributed by atoms with Crippen LogP contribution < -0.4 is 10.6 Å². The van der Waals surface area contributed by atoms with Crippen LogP contribution in [0, 0.1) is 0 Å². The summed E-state index contributed by atoms with van der Waals surface area (Å²) < 4.78 is 10.0. The van der Waals surface area contributed by atoms with E-state index in [-0.39, 0.29) is 5.91 Å². The molecule has 0 atom stereocenters. The van der Waals surface area contributed by atoms with E-state index in [2.05, 4.69) is 10.6 Å².